The van der Waals surface area contributed by atoms with Crippen LogP contribution in [0.15, 0.2) is 24.3 Å². The molecule has 1 atom stereocenters. The van der Waals surface area contributed by atoms with Crippen LogP contribution in [-0.2, 0) is 6.42 Å². The van der Waals surface area contributed by atoms with Crippen molar-refractivity contribution in [2.45, 2.75) is 19.8 Å². The molecule has 1 heterocycles. The van der Waals surface area contributed by atoms with Crippen LogP contribution in [-0.4, -0.2) is 50.6 Å². The third-order valence-corrected chi connectivity index (χ3v) is 4.27. The second-order valence-electron chi connectivity index (χ2n) is 5.77. The molecular formula is C17H27N3O. The van der Waals surface area contributed by atoms with Crippen molar-refractivity contribution in [3.63, 3.8) is 0 Å². The molecule has 21 heavy (non-hydrogen) atoms. The Hall–Kier alpha value is -1.39. The van der Waals surface area contributed by atoms with Gasteiger partial charge in [-0.1, -0.05) is 25.1 Å². The van der Waals surface area contributed by atoms with Gasteiger partial charge in [-0.2, -0.15) is 0 Å². The van der Waals surface area contributed by atoms with Gasteiger partial charge in [0.15, 0.2) is 0 Å². The van der Waals surface area contributed by atoms with Gasteiger partial charge >= 0.3 is 0 Å². The Kier molecular flexibility index (Phi) is 6.21. The highest BCUT2D eigenvalue weighted by atomic mass is 16.1. The maximum absolute atomic E-state index is 12.4. The molecule has 0 radical (unpaired) electrons. The summed E-state index contributed by atoms with van der Waals surface area (Å²) >= 11 is 0. The smallest absolute Gasteiger partial charge is 0.251 e. The Labute approximate surface area is 127 Å². The van der Waals surface area contributed by atoms with Crippen LogP contribution in [0.3, 0.4) is 0 Å². The van der Waals surface area contributed by atoms with Gasteiger partial charge in [-0.15, -0.1) is 0 Å². The Morgan fingerprint density at radius 2 is 2.19 bits per heavy atom. The first-order valence-corrected chi connectivity index (χ1v) is 7.97. The summed E-state index contributed by atoms with van der Waals surface area (Å²) in [4.78, 5) is 14.8. The van der Waals surface area contributed by atoms with Crippen LogP contribution in [0, 0.1) is 5.92 Å². The molecule has 1 amide bonds. The maximum Gasteiger partial charge on any atom is 0.251 e. The molecule has 4 nitrogen and oxygen atoms in total. The molecule has 2 rings (SSSR count). The van der Waals surface area contributed by atoms with E-state index in [1.807, 2.05) is 31.3 Å². The molecule has 2 N–H and O–H groups in total. The van der Waals surface area contributed by atoms with Crippen molar-refractivity contribution in [3.05, 3.63) is 35.4 Å². The zero-order valence-electron chi connectivity index (χ0n) is 13.2. The third-order valence-electron chi connectivity index (χ3n) is 4.27. The first-order chi connectivity index (χ1) is 10.2. The summed E-state index contributed by atoms with van der Waals surface area (Å²) in [6.45, 7) is 7.25. The molecule has 1 aliphatic rings. The molecule has 1 aliphatic heterocycles. The van der Waals surface area contributed by atoms with E-state index in [1.165, 1.54) is 6.42 Å². The number of hydrogen-bond acceptors (Lipinski definition) is 3. The van der Waals surface area contributed by atoms with Crippen LogP contribution >= 0.6 is 0 Å². The minimum Gasteiger partial charge on any atom is -0.352 e. The fourth-order valence-electron chi connectivity index (χ4n) is 2.92. The van der Waals surface area contributed by atoms with Crippen molar-refractivity contribution in [1.82, 2.24) is 15.5 Å². The molecule has 116 valence electrons. The fourth-order valence-corrected chi connectivity index (χ4v) is 2.92. The van der Waals surface area contributed by atoms with E-state index in [0.717, 1.165) is 50.3 Å². The number of rotatable bonds is 7. The van der Waals surface area contributed by atoms with Crippen LogP contribution in [0.2, 0.25) is 0 Å². The predicted octanol–water partition coefficient (Wildman–Crippen LogP) is 1.52. The summed E-state index contributed by atoms with van der Waals surface area (Å²) in [6, 6.07) is 7.90. The van der Waals surface area contributed by atoms with Gasteiger partial charge in [0.1, 0.15) is 0 Å². The topological polar surface area (TPSA) is 44.4 Å². The van der Waals surface area contributed by atoms with E-state index >= 15 is 0 Å². The largest absolute Gasteiger partial charge is 0.352 e. The van der Waals surface area contributed by atoms with Gasteiger partial charge in [0.25, 0.3) is 5.91 Å². The highest BCUT2D eigenvalue weighted by molar-refractivity contribution is 5.95. The highest BCUT2D eigenvalue weighted by Crippen LogP contribution is 2.15. The quantitative estimate of drug-likeness (QED) is 0.800. The fraction of sp³-hybridized carbons (Fsp3) is 0.588. The van der Waals surface area contributed by atoms with E-state index in [1.54, 1.807) is 0 Å². The molecule has 0 aromatic heterocycles. The van der Waals surface area contributed by atoms with Crippen molar-refractivity contribution in [2.24, 2.45) is 5.92 Å². The zero-order chi connectivity index (χ0) is 15.1. The standard InChI is InChI=1S/C17H27N3O/c1-3-20-11-9-14(13-20)12-19-17(21)16-7-5-4-6-15(16)8-10-18-2/h4-7,14,18H,3,8-13H2,1-2H3,(H,19,21). The van der Waals surface area contributed by atoms with Crippen LogP contribution in [0.5, 0.6) is 0 Å². The van der Waals surface area contributed by atoms with Crippen LogP contribution in [0.25, 0.3) is 0 Å². The summed E-state index contributed by atoms with van der Waals surface area (Å²) in [5.74, 6) is 0.662. The molecule has 1 aromatic rings. The summed E-state index contributed by atoms with van der Waals surface area (Å²) in [7, 11) is 1.93. The zero-order valence-corrected chi connectivity index (χ0v) is 13.2. The van der Waals surface area contributed by atoms with Crippen molar-refractivity contribution < 1.29 is 4.79 Å². The number of benzene rings is 1. The van der Waals surface area contributed by atoms with Gasteiger partial charge in [0, 0.05) is 18.7 Å². The van der Waals surface area contributed by atoms with E-state index in [-0.39, 0.29) is 5.91 Å². The SMILES string of the molecule is CCN1CCC(CNC(=O)c2ccccc2CCNC)C1. The number of carbonyl (C=O) groups is 1. The number of hydrogen-bond donors (Lipinski definition) is 2. The minimum atomic E-state index is 0.0663. The van der Waals surface area contributed by atoms with Crippen molar-refractivity contribution in [3.8, 4) is 0 Å². The van der Waals surface area contributed by atoms with Crippen molar-refractivity contribution in [2.75, 3.05) is 39.8 Å². The number of carbonyl (C=O) groups excluding carboxylic acids is 1. The van der Waals surface area contributed by atoms with Crippen LogP contribution < -0.4 is 10.6 Å². The molecule has 4 heteroatoms. The summed E-state index contributed by atoms with van der Waals surface area (Å²) in [5, 5.41) is 6.25. The summed E-state index contributed by atoms with van der Waals surface area (Å²) in [6.07, 6.45) is 2.07. The predicted molar refractivity (Wildman–Crippen MR) is 86.6 cm³/mol. The van der Waals surface area contributed by atoms with E-state index in [4.69, 9.17) is 0 Å². The lowest BCUT2D eigenvalue weighted by Gasteiger charge is -2.15. The Balaban J connectivity index is 1.88. The molecule has 1 saturated heterocycles. The van der Waals surface area contributed by atoms with Gasteiger partial charge in [0.2, 0.25) is 0 Å². The van der Waals surface area contributed by atoms with Gasteiger partial charge in [0.05, 0.1) is 0 Å². The van der Waals surface area contributed by atoms with E-state index in [0.29, 0.717) is 5.92 Å². The van der Waals surface area contributed by atoms with Gasteiger partial charge in [-0.05, 0) is 57.1 Å². The second kappa shape index (κ2) is 8.15. The average molecular weight is 289 g/mol. The van der Waals surface area contributed by atoms with Crippen LogP contribution in [0.4, 0.5) is 0 Å². The average Bonchev–Trinajstić information content (AvgIpc) is 2.99. The molecule has 1 aromatic carbocycles. The molecule has 0 bridgehead atoms. The van der Waals surface area contributed by atoms with Crippen molar-refractivity contribution in [1.29, 1.82) is 0 Å². The number of likely N-dealkylation sites (tertiary alicyclic amines) is 1. The van der Waals surface area contributed by atoms with Crippen LogP contribution in [0.1, 0.15) is 29.3 Å². The summed E-state index contributed by atoms with van der Waals surface area (Å²) < 4.78 is 0. The maximum atomic E-state index is 12.4. The first-order valence-electron chi connectivity index (χ1n) is 7.97. The molecule has 0 saturated carbocycles. The number of likely N-dealkylation sites (N-methyl/N-ethyl adjacent to an activating group) is 1. The van der Waals surface area contributed by atoms with E-state index in [2.05, 4.69) is 22.5 Å². The van der Waals surface area contributed by atoms with Gasteiger partial charge in [-0.3, -0.25) is 4.79 Å². The first kappa shape index (κ1) is 16.0. The Bertz CT molecular complexity index is 461. The van der Waals surface area contributed by atoms with E-state index in [9.17, 15) is 4.79 Å². The molecule has 1 fully saturated rings. The lowest BCUT2D eigenvalue weighted by atomic mass is 10.0. The number of amides is 1. The lowest BCUT2D eigenvalue weighted by molar-refractivity contribution is 0.0946. The third kappa shape index (κ3) is 4.55. The number of nitrogens with one attached hydrogen (secondary N) is 2. The lowest BCUT2D eigenvalue weighted by Crippen LogP contribution is -2.31. The van der Waals surface area contributed by atoms with Gasteiger partial charge in [-0.25, -0.2) is 0 Å². The Morgan fingerprint density at radius 3 is 2.90 bits per heavy atom. The molecular weight excluding hydrogens is 262 g/mol. The molecule has 0 spiro atoms. The monoisotopic (exact) mass is 289 g/mol. The number of nitrogens with zero attached hydrogens (tertiary/aromatic N) is 1. The highest BCUT2D eigenvalue weighted by Gasteiger charge is 2.21. The Morgan fingerprint density at radius 1 is 1.38 bits per heavy atom. The molecule has 0 aliphatic carbocycles. The normalized spacial score (nSPS) is 18.9. The molecule has 1 unspecified atom stereocenters. The summed E-state index contributed by atoms with van der Waals surface area (Å²) in [5.41, 5.74) is 1.93. The van der Waals surface area contributed by atoms with Gasteiger partial charge < -0.3 is 15.5 Å². The van der Waals surface area contributed by atoms with E-state index < -0.39 is 0 Å². The minimum absolute atomic E-state index is 0.0663. The second-order valence-corrected chi connectivity index (χ2v) is 5.77. The van der Waals surface area contributed by atoms with Crippen molar-refractivity contribution >= 4 is 5.91 Å².